The molecular weight excluding hydrogens is 282 g/mol. The molecule has 3 nitrogen and oxygen atoms in total. The Morgan fingerprint density at radius 2 is 1.95 bits per heavy atom. The Morgan fingerprint density at radius 1 is 1.19 bits per heavy atom. The maximum Gasteiger partial charge on any atom is 0.338 e. The minimum absolute atomic E-state index is 0.311. The number of pyridine rings is 1. The van der Waals surface area contributed by atoms with Gasteiger partial charge in [-0.3, -0.25) is 0 Å². The number of nitrogens with zero attached hydrogens (tertiary/aromatic N) is 1. The molecule has 1 aromatic carbocycles. The number of aromatic nitrogens is 1. The average molecular weight is 299 g/mol. The van der Waals surface area contributed by atoms with Crippen LogP contribution in [0.2, 0.25) is 0 Å². The van der Waals surface area contributed by atoms with Crippen molar-refractivity contribution in [3.8, 4) is 0 Å². The first-order valence-corrected chi connectivity index (χ1v) is 7.87. The Kier molecular flexibility index (Phi) is 3.72. The summed E-state index contributed by atoms with van der Waals surface area (Å²) in [4.78, 5) is 17.0. The van der Waals surface area contributed by atoms with E-state index in [1.165, 1.54) is 29.3 Å². The summed E-state index contributed by atoms with van der Waals surface area (Å²) < 4.78 is 0. The van der Waals surface area contributed by atoms with Crippen molar-refractivity contribution < 1.29 is 9.90 Å². The van der Waals surface area contributed by atoms with Gasteiger partial charge in [-0.25, -0.2) is 9.78 Å². The molecule has 0 atom stereocenters. The van der Waals surface area contributed by atoms with Gasteiger partial charge in [-0.05, 0) is 68.0 Å². The fourth-order valence-corrected chi connectivity index (χ4v) is 3.96. The van der Waals surface area contributed by atoms with Crippen LogP contribution in [0, 0.1) is 13.8 Å². The zero-order valence-corrected chi connectivity index (χ0v) is 13.0. The lowest BCUT2D eigenvalue weighted by atomic mass is 10.1. The Balaban J connectivity index is 1.99. The highest BCUT2D eigenvalue weighted by Gasteiger charge is 2.18. The monoisotopic (exact) mass is 299 g/mol. The highest BCUT2D eigenvalue weighted by atomic mass is 32.2. The lowest BCUT2D eigenvalue weighted by molar-refractivity contribution is 0.0691. The third kappa shape index (κ3) is 2.81. The van der Waals surface area contributed by atoms with Crippen molar-refractivity contribution in [3.05, 3.63) is 52.2 Å². The maximum atomic E-state index is 11.5. The number of carbonyl (C=O) groups is 1. The van der Waals surface area contributed by atoms with Crippen LogP contribution in [0.1, 0.15) is 39.2 Å². The summed E-state index contributed by atoms with van der Waals surface area (Å²) in [5, 5.41) is 10.00. The van der Waals surface area contributed by atoms with Crippen molar-refractivity contribution in [3.63, 3.8) is 0 Å². The number of aryl methyl sites for hydroxylation is 4. The number of hydrogen-bond acceptors (Lipinski definition) is 3. The molecule has 21 heavy (non-hydrogen) atoms. The Hall–Kier alpha value is -1.81. The zero-order chi connectivity index (χ0) is 15.0. The molecule has 0 bridgehead atoms. The van der Waals surface area contributed by atoms with Crippen LogP contribution in [0.5, 0.6) is 0 Å². The third-order valence-corrected chi connectivity index (χ3v) is 4.79. The van der Waals surface area contributed by atoms with Gasteiger partial charge in [-0.15, -0.1) is 0 Å². The smallest absolute Gasteiger partial charge is 0.338 e. The van der Waals surface area contributed by atoms with Gasteiger partial charge in [0.25, 0.3) is 0 Å². The summed E-state index contributed by atoms with van der Waals surface area (Å²) in [6.45, 7) is 3.72. The molecule has 2 aromatic rings. The molecule has 1 aromatic heterocycles. The lowest BCUT2D eigenvalue weighted by Gasteiger charge is -2.10. The topological polar surface area (TPSA) is 50.2 Å². The molecule has 4 heteroatoms. The first-order valence-electron chi connectivity index (χ1n) is 7.06. The van der Waals surface area contributed by atoms with Crippen LogP contribution in [0.25, 0.3) is 0 Å². The van der Waals surface area contributed by atoms with Crippen molar-refractivity contribution in [2.45, 2.75) is 43.0 Å². The molecule has 1 aliphatic rings. The minimum atomic E-state index is -0.913. The van der Waals surface area contributed by atoms with Crippen LogP contribution >= 0.6 is 11.8 Å². The normalized spacial score (nSPS) is 13.2. The van der Waals surface area contributed by atoms with Crippen molar-refractivity contribution >= 4 is 17.7 Å². The van der Waals surface area contributed by atoms with Crippen molar-refractivity contribution in [1.29, 1.82) is 0 Å². The molecule has 108 valence electrons. The minimum Gasteiger partial charge on any atom is -0.478 e. The van der Waals surface area contributed by atoms with Crippen LogP contribution in [0.15, 0.2) is 34.2 Å². The van der Waals surface area contributed by atoms with Gasteiger partial charge in [0, 0.05) is 10.6 Å². The summed E-state index contributed by atoms with van der Waals surface area (Å²) in [6, 6.07) is 8.22. The van der Waals surface area contributed by atoms with Gasteiger partial charge in [-0.1, -0.05) is 17.8 Å². The molecule has 1 heterocycles. The van der Waals surface area contributed by atoms with Crippen molar-refractivity contribution in [2.24, 2.45) is 0 Å². The fraction of sp³-hybridized carbons (Fsp3) is 0.294. The second-order valence-corrected chi connectivity index (χ2v) is 6.51. The van der Waals surface area contributed by atoms with Gasteiger partial charge >= 0.3 is 5.97 Å². The van der Waals surface area contributed by atoms with Crippen molar-refractivity contribution in [1.82, 2.24) is 4.98 Å². The second kappa shape index (κ2) is 5.53. The van der Waals surface area contributed by atoms with E-state index < -0.39 is 5.97 Å². The summed E-state index contributed by atoms with van der Waals surface area (Å²) >= 11 is 1.44. The van der Waals surface area contributed by atoms with Gasteiger partial charge in [-0.2, -0.15) is 0 Å². The second-order valence-electron chi connectivity index (χ2n) is 5.45. The number of aromatic carboxylic acids is 1. The Bertz CT molecular complexity index is 725. The predicted octanol–water partition coefficient (Wildman–Crippen LogP) is 4.04. The van der Waals surface area contributed by atoms with Gasteiger partial charge in [0.05, 0.1) is 5.56 Å². The molecule has 0 spiro atoms. The number of carboxylic acids is 1. The molecule has 0 fully saturated rings. The van der Waals surface area contributed by atoms with E-state index in [2.05, 4.69) is 23.2 Å². The molecule has 1 N–H and O–H groups in total. The van der Waals surface area contributed by atoms with E-state index in [-0.39, 0.29) is 0 Å². The predicted molar refractivity (Wildman–Crippen MR) is 83.3 cm³/mol. The Labute approximate surface area is 128 Å². The van der Waals surface area contributed by atoms with E-state index in [0.717, 1.165) is 29.0 Å². The summed E-state index contributed by atoms with van der Waals surface area (Å²) in [6.07, 6.45) is 3.49. The maximum absolute atomic E-state index is 11.5. The largest absolute Gasteiger partial charge is 0.478 e. The van der Waals surface area contributed by atoms with E-state index in [1.807, 2.05) is 19.9 Å². The van der Waals surface area contributed by atoms with E-state index in [0.29, 0.717) is 10.6 Å². The molecular formula is C17H17NO2S. The van der Waals surface area contributed by atoms with Gasteiger partial charge in [0.2, 0.25) is 0 Å². The average Bonchev–Trinajstić information content (AvgIpc) is 2.84. The number of rotatable bonds is 3. The molecule has 1 aliphatic carbocycles. The van der Waals surface area contributed by atoms with Crippen LogP contribution in [0.4, 0.5) is 0 Å². The summed E-state index contributed by atoms with van der Waals surface area (Å²) in [5.41, 5.74) is 4.73. The SMILES string of the molecule is Cc1cc(C)c(C(=O)O)c(Sc2ccc3c(c2)CCC3)n1. The highest BCUT2D eigenvalue weighted by Crippen LogP contribution is 2.34. The molecule has 0 unspecified atom stereocenters. The van der Waals surface area contributed by atoms with Crippen LogP contribution in [-0.2, 0) is 12.8 Å². The van der Waals surface area contributed by atoms with E-state index in [9.17, 15) is 9.90 Å². The van der Waals surface area contributed by atoms with E-state index in [1.54, 1.807) is 0 Å². The summed E-state index contributed by atoms with van der Waals surface area (Å²) in [5.74, 6) is -0.913. The molecule has 0 radical (unpaired) electrons. The number of carboxylic acid groups (broad SMARTS) is 1. The zero-order valence-electron chi connectivity index (χ0n) is 12.1. The molecule has 0 aliphatic heterocycles. The standard InChI is InChI=1S/C17H17NO2S/c1-10-8-11(2)18-16(15(10)17(19)20)21-14-7-6-12-4-3-5-13(12)9-14/h6-9H,3-5H2,1-2H3,(H,19,20). The molecule has 0 amide bonds. The number of hydrogen-bond donors (Lipinski definition) is 1. The highest BCUT2D eigenvalue weighted by molar-refractivity contribution is 7.99. The first kappa shape index (κ1) is 14.1. The molecule has 3 rings (SSSR count). The van der Waals surface area contributed by atoms with Crippen LogP contribution in [-0.4, -0.2) is 16.1 Å². The van der Waals surface area contributed by atoms with Gasteiger partial charge < -0.3 is 5.11 Å². The lowest BCUT2D eigenvalue weighted by Crippen LogP contribution is -2.05. The van der Waals surface area contributed by atoms with Crippen molar-refractivity contribution in [2.75, 3.05) is 0 Å². The van der Waals surface area contributed by atoms with E-state index in [4.69, 9.17) is 0 Å². The van der Waals surface area contributed by atoms with Gasteiger partial charge in [0.1, 0.15) is 5.03 Å². The third-order valence-electron chi connectivity index (χ3n) is 3.81. The fourth-order valence-electron chi connectivity index (χ4n) is 2.86. The van der Waals surface area contributed by atoms with Gasteiger partial charge in [0.15, 0.2) is 0 Å². The summed E-state index contributed by atoms with van der Waals surface area (Å²) in [7, 11) is 0. The Morgan fingerprint density at radius 3 is 2.71 bits per heavy atom. The van der Waals surface area contributed by atoms with Crippen LogP contribution in [0.3, 0.4) is 0 Å². The number of fused-ring (bicyclic) bond motifs is 1. The first-order chi connectivity index (χ1) is 10.0. The quantitative estimate of drug-likeness (QED) is 0.929. The van der Waals surface area contributed by atoms with Crippen LogP contribution < -0.4 is 0 Å². The van der Waals surface area contributed by atoms with E-state index >= 15 is 0 Å². The molecule has 0 saturated carbocycles. The molecule has 0 saturated heterocycles. The number of benzene rings is 1.